The first-order valence-electron chi connectivity index (χ1n) is 11.4. The quantitative estimate of drug-likeness (QED) is 0.432. The van der Waals surface area contributed by atoms with Crippen molar-refractivity contribution >= 4 is 23.2 Å². The number of methoxy groups -OCH3 is 1. The summed E-state index contributed by atoms with van der Waals surface area (Å²) in [6.45, 7) is 2.69. The third kappa shape index (κ3) is 4.74. The lowest BCUT2D eigenvalue weighted by Crippen LogP contribution is -2.30. The number of fused-ring (bicyclic) bond motifs is 1. The summed E-state index contributed by atoms with van der Waals surface area (Å²) in [5.41, 5.74) is 5.28. The molecule has 2 aromatic carbocycles. The van der Waals surface area contributed by atoms with Crippen molar-refractivity contribution in [3.8, 4) is 16.9 Å². The van der Waals surface area contributed by atoms with Gasteiger partial charge in [0.05, 0.1) is 51.3 Å². The molecule has 1 aliphatic rings. The zero-order chi connectivity index (χ0) is 24.4. The van der Waals surface area contributed by atoms with Crippen molar-refractivity contribution in [1.29, 1.82) is 0 Å². The van der Waals surface area contributed by atoms with Crippen LogP contribution in [0, 0.1) is 6.92 Å². The van der Waals surface area contributed by atoms with Gasteiger partial charge in [0.2, 0.25) is 11.8 Å². The molecule has 0 atom stereocenters. The minimum absolute atomic E-state index is 0.0172. The Hall–Kier alpha value is -4.17. The van der Waals surface area contributed by atoms with E-state index in [9.17, 15) is 9.90 Å². The van der Waals surface area contributed by atoms with E-state index in [1.54, 1.807) is 29.1 Å². The molecule has 0 saturated heterocycles. The van der Waals surface area contributed by atoms with E-state index >= 15 is 0 Å². The van der Waals surface area contributed by atoms with Crippen molar-refractivity contribution < 1.29 is 19.1 Å². The van der Waals surface area contributed by atoms with Gasteiger partial charge in [0.15, 0.2) is 0 Å². The Labute approximate surface area is 203 Å². The SMILES string of the molecule is COc1ccc(CN2C(=O)CC(c3ncc(C)o3)=Cc3ccc(-c4cnn(CCO)c4)cc32)cc1. The first-order chi connectivity index (χ1) is 17.0. The second-order valence-electron chi connectivity index (χ2n) is 8.44. The molecule has 5 rings (SSSR count). The number of rotatable bonds is 7. The summed E-state index contributed by atoms with van der Waals surface area (Å²) in [7, 11) is 1.63. The number of carbonyl (C=O) groups is 1. The first-order valence-corrected chi connectivity index (χ1v) is 11.4. The lowest BCUT2D eigenvalue weighted by molar-refractivity contribution is -0.117. The number of carbonyl (C=O) groups excluding carboxylic acids is 1. The van der Waals surface area contributed by atoms with Crippen molar-refractivity contribution in [1.82, 2.24) is 14.8 Å². The number of ether oxygens (including phenoxy) is 1. The number of anilines is 1. The van der Waals surface area contributed by atoms with Crippen LogP contribution < -0.4 is 9.64 Å². The molecule has 0 spiro atoms. The maximum absolute atomic E-state index is 13.6. The number of aromatic nitrogens is 3. The van der Waals surface area contributed by atoms with Crippen LogP contribution in [0.3, 0.4) is 0 Å². The molecule has 2 aromatic heterocycles. The van der Waals surface area contributed by atoms with Gasteiger partial charge in [-0.3, -0.25) is 9.48 Å². The summed E-state index contributed by atoms with van der Waals surface area (Å²) in [6, 6.07) is 13.7. The highest BCUT2D eigenvalue weighted by molar-refractivity contribution is 6.06. The molecule has 0 saturated carbocycles. The first kappa shape index (κ1) is 22.6. The van der Waals surface area contributed by atoms with Gasteiger partial charge in [0, 0.05) is 17.3 Å². The molecule has 4 aromatic rings. The van der Waals surface area contributed by atoms with Gasteiger partial charge in [-0.1, -0.05) is 24.3 Å². The Morgan fingerprint density at radius 1 is 1.11 bits per heavy atom. The Morgan fingerprint density at radius 3 is 2.66 bits per heavy atom. The van der Waals surface area contributed by atoms with Crippen molar-refractivity contribution in [3.05, 3.63) is 83.8 Å². The average molecular weight is 471 g/mol. The van der Waals surface area contributed by atoms with Gasteiger partial charge in [-0.25, -0.2) is 4.98 Å². The zero-order valence-corrected chi connectivity index (χ0v) is 19.6. The molecule has 0 aliphatic carbocycles. The Morgan fingerprint density at radius 2 is 1.94 bits per heavy atom. The maximum atomic E-state index is 13.6. The van der Waals surface area contributed by atoms with Crippen molar-refractivity contribution in [2.75, 3.05) is 18.6 Å². The number of aryl methyl sites for hydroxylation is 1. The standard InChI is InChI=1S/C27H26N4O4/c1-18-14-28-27(35-18)22-11-21-6-5-20(23-15-29-30(17-23)9-10-32)12-25(21)31(26(33)13-22)16-19-3-7-24(34-2)8-4-19/h3-8,11-12,14-15,17,32H,9-10,13,16H2,1-2H3. The molecule has 3 heterocycles. The molecule has 1 aliphatic heterocycles. The molecule has 0 radical (unpaired) electrons. The van der Waals surface area contributed by atoms with E-state index in [0.29, 0.717) is 24.7 Å². The zero-order valence-electron chi connectivity index (χ0n) is 19.6. The van der Waals surface area contributed by atoms with Gasteiger partial charge in [0.25, 0.3) is 0 Å². The highest BCUT2D eigenvalue weighted by atomic mass is 16.5. The number of benzene rings is 2. The number of oxazole rings is 1. The van der Waals surface area contributed by atoms with E-state index in [0.717, 1.165) is 39.3 Å². The van der Waals surface area contributed by atoms with Crippen LogP contribution >= 0.6 is 0 Å². The predicted octanol–water partition coefficient (Wildman–Crippen LogP) is 4.32. The number of aliphatic hydroxyl groups excluding tert-OH is 1. The molecule has 0 unspecified atom stereocenters. The normalized spacial score (nSPS) is 13.4. The third-order valence-electron chi connectivity index (χ3n) is 5.99. The van der Waals surface area contributed by atoms with Gasteiger partial charge >= 0.3 is 0 Å². The van der Waals surface area contributed by atoms with Crippen molar-refractivity contribution in [3.63, 3.8) is 0 Å². The second kappa shape index (κ2) is 9.60. The van der Waals surface area contributed by atoms with Gasteiger partial charge in [-0.15, -0.1) is 0 Å². The molecule has 8 heteroatoms. The minimum Gasteiger partial charge on any atom is -0.497 e. The lowest BCUT2D eigenvalue weighted by atomic mass is 10.0. The van der Waals surface area contributed by atoms with Gasteiger partial charge in [0.1, 0.15) is 11.5 Å². The number of amides is 1. The summed E-state index contributed by atoms with van der Waals surface area (Å²) in [4.78, 5) is 19.7. The summed E-state index contributed by atoms with van der Waals surface area (Å²) in [5, 5.41) is 13.5. The molecular weight excluding hydrogens is 444 g/mol. The molecule has 0 fully saturated rings. The smallest absolute Gasteiger partial charge is 0.231 e. The van der Waals surface area contributed by atoms with Crippen LogP contribution in [0.25, 0.3) is 22.8 Å². The number of aliphatic hydroxyl groups is 1. The Balaban J connectivity index is 1.57. The van der Waals surface area contributed by atoms with Crippen molar-refractivity contribution in [2.45, 2.75) is 26.4 Å². The van der Waals surface area contributed by atoms with E-state index < -0.39 is 0 Å². The largest absolute Gasteiger partial charge is 0.497 e. The number of hydrogen-bond donors (Lipinski definition) is 1. The third-order valence-corrected chi connectivity index (χ3v) is 5.99. The van der Waals surface area contributed by atoms with E-state index in [2.05, 4.69) is 10.1 Å². The minimum atomic E-state index is -0.0465. The lowest BCUT2D eigenvalue weighted by Gasteiger charge is -2.24. The Bertz CT molecular complexity index is 1380. The van der Waals surface area contributed by atoms with E-state index in [-0.39, 0.29) is 18.9 Å². The predicted molar refractivity (Wildman–Crippen MR) is 133 cm³/mol. The molecule has 1 amide bonds. The summed E-state index contributed by atoms with van der Waals surface area (Å²) < 4.78 is 12.7. The molecule has 8 nitrogen and oxygen atoms in total. The topological polar surface area (TPSA) is 93.6 Å². The van der Waals surface area contributed by atoms with Gasteiger partial charge in [-0.2, -0.15) is 5.10 Å². The van der Waals surface area contributed by atoms with Gasteiger partial charge < -0.3 is 19.2 Å². The molecule has 35 heavy (non-hydrogen) atoms. The molecule has 178 valence electrons. The van der Waals surface area contributed by atoms with Crippen LogP contribution in [-0.2, 0) is 17.9 Å². The maximum Gasteiger partial charge on any atom is 0.231 e. The van der Waals surface area contributed by atoms with Crippen LogP contribution in [0.1, 0.15) is 29.2 Å². The monoisotopic (exact) mass is 470 g/mol. The van der Waals surface area contributed by atoms with Crippen LogP contribution in [0.15, 0.2) is 65.5 Å². The fourth-order valence-electron chi connectivity index (χ4n) is 4.18. The second-order valence-corrected chi connectivity index (χ2v) is 8.44. The number of hydrogen-bond acceptors (Lipinski definition) is 6. The molecule has 1 N–H and O–H groups in total. The highest BCUT2D eigenvalue weighted by Gasteiger charge is 2.26. The number of nitrogens with zero attached hydrogens (tertiary/aromatic N) is 4. The van der Waals surface area contributed by atoms with Crippen molar-refractivity contribution in [2.24, 2.45) is 0 Å². The van der Waals surface area contributed by atoms with E-state index in [1.165, 1.54) is 0 Å². The van der Waals surface area contributed by atoms with Crippen LogP contribution in [0.4, 0.5) is 5.69 Å². The molecular formula is C27H26N4O4. The van der Waals surface area contributed by atoms with Crippen LogP contribution in [0.5, 0.6) is 5.75 Å². The average Bonchev–Trinajstić information content (AvgIpc) is 3.49. The summed E-state index contributed by atoms with van der Waals surface area (Å²) in [5.74, 6) is 1.88. The highest BCUT2D eigenvalue weighted by Crippen LogP contribution is 2.36. The van der Waals surface area contributed by atoms with Crippen LogP contribution in [-0.4, -0.2) is 39.5 Å². The molecule has 0 bridgehead atoms. The van der Waals surface area contributed by atoms with E-state index in [1.807, 2.05) is 61.7 Å². The Kier molecular flexibility index (Phi) is 6.20. The van der Waals surface area contributed by atoms with E-state index in [4.69, 9.17) is 9.15 Å². The fourth-order valence-corrected chi connectivity index (χ4v) is 4.18. The fraction of sp³-hybridized carbons (Fsp3) is 0.222. The summed E-state index contributed by atoms with van der Waals surface area (Å²) >= 11 is 0. The summed E-state index contributed by atoms with van der Waals surface area (Å²) in [6.07, 6.45) is 7.47. The van der Waals surface area contributed by atoms with Gasteiger partial charge in [-0.05, 0) is 47.9 Å². The van der Waals surface area contributed by atoms with Crippen LogP contribution in [0.2, 0.25) is 0 Å².